The third kappa shape index (κ3) is 2.92. The summed E-state index contributed by atoms with van der Waals surface area (Å²) in [6.07, 6.45) is 0. The molecule has 1 aromatic carbocycles. The zero-order chi connectivity index (χ0) is 17.3. The number of benzene rings is 1. The zero-order valence-electron chi connectivity index (χ0n) is 13.8. The third-order valence-electron chi connectivity index (χ3n) is 3.84. The molecule has 2 heterocycles. The summed E-state index contributed by atoms with van der Waals surface area (Å²) < 4.78 is 3.14. The van der Waals surface area contributed by atoms with Crippen molar-refractivity contribution in [1.29, 1.82) is 0 Å². The predicted molar refractivity (Wildman–Crippen MR) is 98.0 cm³/mol. The van der Waals surface area contributed by atoms with Crippen LogP contribution >= 0.6 is 11.3 Å². The van der Waals surface area contributed by atoms with Gasteiger partial charge in [0.05, 0.1) is 10.2 Å². The molecule has 0 aliphatic rings. The number of rotatable bonds is 4. The standard InChI is InChI=1S/C18H19N3O2S/c1-11(2)21-14-8-9-24-16(14)10-15(21)18(23)20-13-6-4-12(5-7-13)17(22)19-3/h4-11H,1-3H3,(H,19,22)(H,20,23). The smallest absolute Gasteiger partial charge is 0.272 e. The van der Waals surface area contributed by atoms with Crippen LogP contribution in [0.3, 0.4) is 0 Å². The summed E-state index contributed by atoms with van der Waals surface area (Å²) in [6.45, 7) is 4.12. The second-order valence-corrected chi connectivity index (χ2v) is 6.72. The first-order valence-corrected chi connectivity index (χ1v) is 8.61. The monoisotopic (exact) mass is 341 g/mol. The predicted octanol–water partition coefficient (Wildman–Crippen LogP) is 3.90. The summed E-state index contributed by atoms with van der Waals surface area (Å²) in [5.41, 5.74) is 2.94. The van der Waals surface area contributed by atoms with Gasteiger partial charge in [-0.25, -0.2) is 0 Å². The molecule has 0 fully saturated rings. The number of carbonyl (C=O) groups is 2. The molecule has 2 amide bonds. The van der Waals surface area contributed by atoms with Crippen molar-refractivity contribution >= 4 is 39.1 Å². The molecule has 0 saturated carbocycles. The average Bonchev–Trinajstić information content (AvgIpc) is 3.15. The molecule has 0 atom stereocenters. The van der Waals surface area contributed by atoms with Crippen molar-refractivity contribution in [2.45, 2.75) is 19.9 Å². The Hall–Kier alpha value is -2.60. The van der Waals surface area contributed by atoms with Crippen LogP contribution < -0.4 is 10.6 Å². The van der Waals surface area contributed by atoms with Gasteiger partial charge in [0.15, 0.2) is 0 Å². The molecule has 0 aliphatic carbocycles. The summed E-state index contributed by atoms with van der Waals surface area (Å²) >= 11 is 1.63. The van der Waals surface area contributed by atoms with E-state index in [0.29, 0.717) is 16.9 Å². The first-order valence-electron chi connectivity index (χ1n) is 7.73. The van der Waals surface area contributed by atoms with Crippen molar-refractivity contribution in [2.75, 3.05) is 12.4 Å². The van der Waals surface area contributed by atoms with Crippen molar-refractivity contribution < 1.29 is 9.59 Å². The highest BCUT2D eigenvalue weighted by Crippen LogP contribution is 2.28. The molecule has 0 saturated heterocycles. The first kappa shape index (κ1) is 16.3. The molecular weight excluding hydrogens is 322 g/mol. The van der Waals surface area contributed by atoms with E-state index in [9.17, 15) is 9.59 Å². The Balaban J connectivity index is 1.86. The molecule has 24 heavy (non-hydrogen) atoms. The number of hydrogen-bond donors (Lipinski definition) is 2. The highest BCUT2D eigenvalue weighted by Gasteiger charge is 2.18. The third-order valence-corrected chi connectivity index (χ3v) is 4.69. The fourth-order valence-corrected chi connectivity index (χ4v) is 3.53. The summed E-state index contributed by atoms with van der Waals surface area (Å²) in [5, 5.41) is 7.50. The summed E-state index contributed by atoms with van der Waals surface area (Å²) in [7, 11) is 1.59. The van der Waals surface area contributed by atoms with Crippen LogP contribution in [0.2, 0.25) is 0 Å². The van der Waals surface area contributed by atoms with E-state index in [4.69, 9.17) is 0 Å². The maximum Gasteiger partial charge on any atom is 0.272 e. The fourth-order valence-electron chi connectivity index (χ4n) is 2.72. The molecule has 0 spiro atoms. The molecular formula is C18H19N3O2S. The van der Waals surface area contributed by atoms with E-state index < -0.39 is 0 Å². The number of amides is 2. The van der Waals surface area contributed by atoms with E-state index in [0.717, 1.165) is 10.2 Å². The molecule has 0 bridgehead atoms. The van der Waals surface area contributed by atoms with E-state index in [1.165, 1.54) is 0 Å². The van der Waals surface area contributed by atoms with Gasteiger partial charge in [0.2, 0.25) is 0 Å². The lowest BCUT2D eigenvalue weighted by Crippen LogP contribution is -2.19. The van der Waals surface area contributed by atoms with Gasteiger partial charge >= 0.3 is 0 Å². The van der Waals surface area contributed by atoms with Gasteiger partial charge in [0.25, 0.3) is 11.8 Å². The Bertz CT molecular complexity index is 891. The van der Waals surface area contributed by atoms with E-state index in [1.54, 1.807) is 42.6 Å². The minimum Gasteiger partial charge on any atom is -0.355 e. The van der Waals surface area contributed by atoms with Gasteiger partial charge < -0.3 is 15.2 Å². The number of carbonyl (C=O) groups excluding carboxylic acids is 2. The van der Waals surface area contributed by atoms with Crippen molar-refractivity contribution in [1.82, 2.24) is 9.88 Å². The largest absolute Gasteiger partial charge is 0.355 e. The lowest BCUT2D eigenvalue weighted by Gasteiger charge is -2.14. The normalized spacial score (nSPS) is 11.0. The van der Waals surface area contributed by atoms with Crippen LogP contribution in [0.25, 0.3) is 10.2 Å². The van der Waals surface area contributed by atoms with Gasteiger partial charge in [-0.1, -0.05) is 0 Å². The van der Waals surface area contributed by atoms with Gasteiger partial charge in [-0.05, 0) is 55.6 Å². The van der Waals surface area contributed by atoms with Gasteiger partial charge in [0, 0.05) is 24.3 Å². The highest BCUT2D eigenvalue weighted by molar-refractivity contribution is 7.17. The SMILES string of the molecule is CNC(=O)c1ccc(NC(=O)c2cc3sccc3n2C(C)C)cc1. The van der Waals surface area contributed by atoms with Gasteiger partial charge in [-0.15, -0.1) is 11.3 Å². The molecule has 3 rings (SSSR count). The van der Waals surface area contributed by atoms with Crippen LogP contribution in [0.5, 0.6) is 0 Å². The van der Waals surface area contributed by atoms with E-state index in [-0.39, 0.29) is 17.9 Å². The van der Waals surface area contributed by atoms with E-state index in [1.807, 2.05) is 22.1 Å². The molecule has 2 aromatic heterocycles. The lowest BCUT2D eigenvalue weighted by atomic mass is 10.2. The van der Waals surface area contributed by atoms with Crippen LogP contribution in [-0.2, 0) is 0 Å². The molecule has 0 radical (unpaired) electrons. The number of nitrogens with zero attached hydrogens (tertiary/aromatic N) is 1. The van der Waals surface area contributed by atoms with Gasteiger partial charge in [-0.2, -0.15) is 0 Å². The molecule has 5 nitrogen and oxygen atoms in total. The second-order valence-electron chi connectivity index (χ2n) is 5.77. The van der Waals surface area contributed by atoms with Crippen molar-refractivity contribution in [3.05, 3.63) is 53.0 Å². The Labute approximate surface area is 144 Å². The van der Waals surface area contributed by atoms with Crippen molar-refractivity contribution in [3.8, 4) is 0 Å². The Morgan fingerprint density at radius 2 is 1.79 bits per heavy atom. The summed E-state index contributed by atoms with van der Waals surface area (Å²) in [5.74, 6) is -0.304. The quantitative estimate of drug-likeness (QED) is 0.756. The second kappa shape index (κ2) is 6.49. The lowest BCUT2D eigenvalue weighted by molar-refractivity contribution is 0.0962. The van der Waals surface area contributed by atoms with E-state index >= 15 is 0 Å². The average molecular weight is 341 g/mol. The number of hydrogen-bond acceptors (Lipinski definition) is 3. The zero-order valence-corrected chi connectivity index (χ0v) is 14.6. The minimum absolute atomic E-state index is 0.151. The van der Waals surface area contributed by atoms with Crippen LogP contribution in [0.4, 0.5) is 5.69 Å². The Kier molecular flexibility index (Phi) is 4.40. The topological polar surface area (TPSA) is 63.1 Å². The summed E-state index contributed by atoms with van der Waals surface area (Å²) in [4.78, 5) is 24.2. The number of thiophene rings is 1. The van der Waals surface area contributed by atoms with Crippen LogP contribution in [0.1, 0.15) is 40.7 Å². The van der Waals surface area contributed by atoms with Gasteiger partial charge in [0.1, 0.15) is 5.69 Å². The van der Waals surface area contributed by atoms with Crippen LogP contribution in [-0.4, -0.2) is 23.4 Å². The van der Waals surface area contributed by atoms with E-state index in [2.05, 4.69) is 24.5 Å². The molecule has 124 valence electrons. The molecule has 3 aromatic rings. The molecule has 0 unspecified atom stereocenters. The number of aromatic nitrogens is 1. The van der Waals surface area contributed by atoms with Gasteiger partial charge in [-0.3, -0.25) is 9.59 Å². The molecule has 2 N–H and O–H groups in total. The maximum absolute atomic E-state index is 12.7. The van der Waals surface area contributed by atoms with Crippen molar-refractivity contribution in [2.24, 2.45) is 0 Å². The molecule has 6 heteroatoms. The number of nitrogens with one attached hydrogen (secondary N) is 2. The number of fused-ring (bicyclic) bond motifs is 1. The number of anilines is 1. The highest BCUT2D eigenvalue weighted by atomic mass is 32.1. The first-order chi connectivity index (χ1) is 11.5. The maximum atomic E-state index is 12.7. The fraction of sp³-hybridized carbons (Fsp3) is 0.222. The van der Waals surface area contributed by atoms with Crippen molar-refractivity contribution in [3.63, 3.8) is 0 Å². The molecule has 0 aliphatic heterocycles. The van der Waals surface area contributed by atoms with Crippen LogP contribution in [0, 0.1) is 0 Å². The summed E-state index contributed by atoms with van der Waals surface area (Å²) in [6, 6.07) is 11.0. The van der Waals surface area contributed by atoms with Crippen LogP contribution in [0.15, 0.2) is 41.8 Å². The minimum atomic E-state index is -0.153. The Morgan fingerprint density at radius 1 is 1.08 bits per heavy atom. The Morgan fingerprint density at radius 3 is 2.42 bits per heavy atom.